The number of hydrogen-bond donors (Lipinski definition) is 3. The van der Waals surface area contributed by atoms with E-state index in [0.29, 0.717) is 5.56 Å². The van der Waals surface area contributed by atoms with Crippen LogP contribution in [0.4, 0.5) is 5.69 Å². The summed E-state index contributed by atoms with van der Waals surface area (Å²) in [5, 5.41) is 30.6. The van der Waals surface area contributed by atoms with Gasteiger partial charge in [-0.3, -0.25) is 14.9 Å². The summed E-state index contributed by atoms with van der Waals surface area (Å²) >= 11 is 0. The Bertz CT molecular complexity index is 461. The molecule has 0 heterocycles. The molecular weight excluding hydrogens is 240 g/mol. The Labute approximate surface area is 103 Å². The van der Waals surface area contributed by atoms with Gasteiger partial charge >= 0.3 is 0 Å². The fourth-order valence-corrected chi connectivity index (χ4v) is 1.29. The van der Waals surface area contributed by atoms with E-state index in [0.717, 1.165) is 6.07 Å². The highest BCUT2D eigenvalue weighted by Gasteiger charge is 2.14. The predicted octanol–water partition coefficient (Wildman–Crippen LogP) is -0.140. The van der Waals surface area contributed by atoms with Crippen LogP contribution >= 0.6 is 0 Å². The average molecular weight is 253 g/mol. The van der Waals surface area contributed by atoms with E-state index in [1.807, 2.05) is 0 Å². The van der Waals surface area contributed by atoms with Crippen LogP contribution in [0.1, 0.15) is 15.9 Å². The fraction of sp³-hybridized carbons (Fsp3) is 0.273. The van der Waals surface area contributed by atoms with E-state index in [2.05, 4.69) is 12.2 Å². The van der Waals surface area contributed by atoms with Gasteiger partial charge in [0.05, 0.1) is 17.6 Å². The lowest BCUT2D eigenvalue weighted by Gasteiger charge is -2.09. The van der Waals surface area contributed by atoms with Gasteiger partial charge in [-0.2, -0.15) is 0 Å². The molecule has 7 nitrogen and oxygen atoms in total. The van der Waals surface area contributed by atoms with Gasteiger partial charge in [-0.05, 0) is 18.6 Å². The molecule has 18 heavy (non-hydrogen) atoms. The Morgan fingerprint density at radius 1 is 1.50 bits per heavy atom. The zero-order valence-corrected chi connectivity index (χ0v) is 9.50. The number of amides is 1. The summed E-state index contributed by atoms with van der Waals surface area (Å²) in [6.45, 7) is 2.93. The van der Waals surface area contributed by atoms with Crippen molar-refractivity contribution in [2.75, 3.05) is 13.2 Å². The number of aliphatic hydroxyl groups excluding tert-OH is 2. The Hall–Kier alpha value is -1.99. The summed E-state index contributed by atoms with van der Waals surface area (Å²) in [7, 11) is 0. The molecule has 1 atom stereocenters. The lowest BCUT2D eigenvalue weighted by molar-refractivity contribution is -0.384. The van der Waals surface area contributed by atoms with Crippen molar-refractivity contribution < 1.29 is 19.9 Å². The molecule has 0 aromatic heterocycles. The Kier molecular flexibility index (Phi) is 4.75. The first-order valence-electron chi connectivity index (χ1n) is 5.12. The van der Waals surface area contributed by atoms with Crippen molar-refractivity contribution in [3.05, 3.63) is 46.4 Å². The Morgan fingerprint density at radius 3 is 2.72 bits per heavy atom. The molecule has 0 aliphatic heterocycles. The van der Waals surface area contributed by atoms with Crippen molar-refractivity contribution in [3.63, 3.8) is 0 Å². The van der Waals surface area contributed by atoms with Crippen LogP contribution in [-0.4, -0.2) is 40.3 Å². The second-order valence-electron chi connectivity index (χ2n) is 3.69. The highest BCUT2D eigenvalue weighted by molar-refractivity contribution is 5.95. The van der Waals surface area contributed by atoms with E-state index in [-0.39, 0.29) is 17.8 Å². The second kappa shape index (κ2) is 6.08. The van der Waals surface area contributed by atoms with Gasteiger partial charge < -0.3 is 15.5 Å². The largest absolute Gasteiger partial charge is 0.394 e. The third kappa shape index (κ3) is 3.79. The van der Waals surface area contributed by atoms with Crippen LogP contribution in [0.25, 0.3) is 0 Å². The molecule has 0 saturated heterocycles. The van der Waals surface area contributed by atoms with E-state index >= 15 is 0 Å². The number of nitrogens with one attached hydrogen (secondary N) is 1. The van der Waals surface area contributed by atoms with E-state index < -0.39 is 23.5 Å². The summed E-state index contributed by atoms with van der Waals surface area (Å²) in [5.74, 6) is -0.573. The maximum atomic E-state index is 11.6. The number of carbonyl (C=O) groups is 1. The molecule has 0 aliphatic rings. The van der Waals surface area contributed by atoms with Crippen LogP contribution in [0, 0.1) is 17.0 Å². The number of nitrogens with zero attached hydrogens (tertiary/aromatic N) is 1. The van der Waals surface area contributed by atoms with Gasteiger partial charge in [0.25, 0.3) is 11.6 Å². The van der Waals surface area contributed by atoms with Gasteiger partial charge in [-0.15, -0.1) is 0 Å². The standard InChI is InChI=1S/C11H13N2O5/c1-7-2-8(4-9(3-7)13(17)18)11(16)12-5-10(15)6-14/h2-4,10,14-15H,1,5-6H2,(H,12,16). The summed E-state index contributed by atoms with van der Waals surface area (Å²) in [5.41, 5.74) is 0.201. The van der Waals surface area contributed by atoms with Crippen molar-refractivity contribution in [3.8, 4) is 0 Å². The van der Waals surface area contributed by atoms with Gasteiger partial charge in [0, 0.05) is 24.2 Å². The number of rotatable bonds is 5. The number of carbonyl (C=O) groups excluding carboxylic acids is 1. The molecule has 0 bridgehead atoms. The summed E-state index contributed by atoms with van der Waals surface area (Å²) in [4.78, 5) is 21.6. The fourth-order valence-electron chi connectivity index (χ4n) is 1.29. The van der Waals surface area contributed by atoms with Gasteiger partial charge in [0.1, 0.15) is 0 Å². The minimum Gasteiger partial charge on any atom is -0.394 e. The van der Waals surface area contributed by atoms with Crippen LogP contribution < -0.4 is 5.32 Å². The zero-order valence-electron chi connectivity index (χ0n) is 9.50. The van der Waals surface area contributed by atoms with Crippen molar-refractivity contribution in [1.82, 2.24) is 5.32 Å². The highest BCUT2D eigenvalue weighted by Crippen LogP contribution is 2.16. The van der Waals surface area contributed by atoms with E-state index in [1.165, 1.54) is 12.1 Å². The number of benzene rings is 1. The monoisotopic (exact) mass is 253 g/mol. The van der Waals surface area contributed by atoms with E-state index in [1.54, 1.807) is 0 Å². The lowest BCUT2D eigenvalue weighted by atomic mass is 10.1. The van der Waals surface area contributed by atoms with Crippen LogP contribution in [0.2, 0.25) is 0 Å². The van der Waals surface area contributed by atoms with Gasteiger partial charge in [-0.25, -0.2) is 0 Å². The second-order valence-corrected chi connectivity index (χ2v) is 3.69. The van der Waals surface area contributed by atoms with E-state index in [9.17, 15) is 14.9 Å². The van der Waals surface area contributed by atoms with Crippen molar-refractivity contribution in [2.24, 2.45) is 0 Å². The van der Waals surface area contributed by atoms with Crippen LogP contribution in [0.5, 0.6) is 0 Å². The predicted molar refractivity (Wildman–Crippen MR) is 63.0 cm³/mol. The van der Waals surface area contributed by atoms with Crippen molar-refractivity contribution in [1.29, 1.82) is 0 Å². The quantitative estimate of drug-likeness (QED) is 0.499. The first kappa shape index (κ1) is 14.1. The molecule has 1 radical (unpaired) electrons. The molecule has 0 spiro atoms. The van der Waals surface area contributed by atoms with Crippen LogP contribution in [-0.2, 0) is 0 Å². The molecule has 1 rings (SSSR count). The molecule has 1 amide bonds. The summed E-state index contributed by atoms with van der Waals surface area (Å²) < 4.78 is 0. The van der Waals surface area contributed by atoms with Crippen molar-refractivity contribution in [2.45, 2.75) is 6.10 Å². The Balaban J connectivity index is 2.82. The minimum absolute atomic E-state index is 0.0827. The maximum absolute atomic E-state index is 11.6. The number of non-ortho nitro benzene ring substituents is 1. The number of hydrogen-bond acceptors (Lipinski definition) is 5. The number of aliphatic hydroxyl groups is 2. The SMILES string of the molecule is [CH2]c1cc(C(=O)NCC(O)CO)cc([N+](=O)[O-])c1. The molecule has 1 aromatic rings. The Morgan fingerprint density at radius 2 is 2.17 bits per heavy atom. The molecule has 1 unspecified atom stereocenters. The average Bonchev–Trinajstić information content (AvgIpc) is 2.34. The number of nitro benzene ring substituents is 1. The minimum atomic E-state index is -1.06. The third-order valence-electron chi connectivity index (χ3n) is 2.16. The van der Waals surface area contributed by atoms with Gasteiger partial charge in [0.2, 0.25) is 0 Å². The molecule has 0 aliphatic carbocycles. The topological polar surface area (TPSA) is 113 Å². The highest BCUT2D eigenvalue weighted by atomic mass is 16.6. The van der Waals surface area contributed by atoms with Gasteiger partial charge in [-0.1, -0.05) is 0 Å². The molecule has 97 valence electrons. The first-order chi connectivity index (χ1) is 8.43. The molecular formula is C11H13N2O5. The third-order valence-corrected chi connectivity index (χ3v) is 2.16. The van der Waals surface area contributed by atoms with E-state index in [4.69, 9.17) is 10.2 Å². The van der Waals surface area contributed by atoms with Gasteiger partial charge in [0.15, 0.2) is 0 Å². The normalized spacial score (nSPS) is 11.9. The maximum Gasteiger partial charge on any atom is 0.270 e. The van der Waals surface area contributed by atoms with Crippen LogP contribution in [0.3, 0.4) is 0 Å². The molecule has 0 fully saturated rings. The molecule has 3 N–H and O–H groups in total. The molecule has 7 heteroatoms. The smallest absolute Gasteiger partial charge is 0.270 e. The summed E-state index contributed by atoms with van der Waals surface area (Å²) in [6, 6.07) is 3.77. The van der Waals surface area contributed by atoms with Crippen molar-refractivity contribution >= 4 is 11.6 Å². The number of nitro groups is 1. The summed E-state index contributed by atoms with van der Waals surface area (Å²) in [6.07, 6.45) is -1.06. The zero-order chi connectivity index (χ0) is 13.7. The molecule has 0 saturated carbocycles. The molecule has 1 aromatic carbocycles. The lowest BCUT2D eigenvalue weighted by Crippen LogP contribution is -2.33. The first-order valence-corrected chi connectivity index (χ1v) is 5.12. The van der Waals surface area contributed by atoms with Crippen LogP contribution in [0.15, 0.2) is 18.2 Å².